The molecule has 7 nitrogen and oxygen atoms in total. The summed E-state index contributed by atoms with van der Waals surface area (Å²) in [6, 6.07) is 24.1. The molecular formula is C27H24N4O3. The summed E-state index contributed by atoms with van der Waals surface area (Å²) in [5, 5.41) is 8.50. The number of amides is 1. The van der Waals surface area contributed by atoms with E-state index in [1.165, 1.54) is 4.68 Å². The van der Waals surface area contributed by atoms with Gasteiger partial charge in [-0.3, -0.25) is 0 Å². The summed E-state index contributed by atoms with van der Waals surface area (Å²) in [4.78, 5) is 15.3. The second-order valence-electron chi connectivity index (χ2n) is 8.60. The average molecular weight is 453 g/mol. The molecule has 170 valence electrons. The number of hydrogen-bond donors (Lipinski definition) is 0. The lowest BCUT2D eigenvalue weighted by atomic mass is 9.96. The monoisotopic (exact) mass is 452 g/mol. The van der Waals surface area contributed by atoms with Crippen molar-refractivity contribution in [3.05, 3.63) is 84.6 Å². The number of fused-ring (bicyclic) bond motifs is 1. The molecule has 1 unspecified atom stereocenters. The highest BCUT2D eigenvalue weighted by atomic mass is 16.7. The van der Waals surface area contributed by atoms with E-state index < -0.39 is 0 Å². The molecule has 6 rings (SSSR count). The maximum Gasteiger partial charge on any atom is 0.346 e. The van der Waals surface area contributed by atoms with Crippen molar-refractivity contribution in [2.24, 2.45) is 0 Å². The molecule has 1 fully saturated rings. The van der Waals surface area contributed by atoms with Crippen LogP contribution in [0.25, 0.3) is 22.4 Å². The molecule has 0 radical (unpaired) electrons. The van der Waals surface area contributed by atoms with E-state index in [9.17, 15) is 4.79 Å². The number of carbonyl (C=O) groups excluding carboxylic acids is 1. The fourth-order valence-electron chi connectivity index (χ4n) is 4.74. The van der Waals surface area contributed by atoms with Crippen molar-refractivity contribution in [3.63, 3.8) is 0 Å². The van der Waals surface area contributed by atoms with Crippen LogP contribution in [0, 0.1) is 0 Å². The third kappa shape index (κ3) is 3.79. The molecule has 2 aliphatic rings. The lowest BCUT2D eigenvalue weighted by Crippen LogP contribution is -2.41. The van der Waals surface area contributed by atoms with Crippen LogP contribution in [0.1, 0.15) is 30.9 Å². The Hall–Kier alpha value is -4.13. The summed E-state index contributed by atoms with van der Waals surface area (Å²) in [5.41, 5.74) is 4.76. The van der Waals surface area contributed by atoms with Gasteiger partial charge in [0.25, 0.3) is 0 Å². The number of piperidine rings is 1. The number of carbonyl (C=O) groups is 1. The van der Waals surface area contributed by atoms with E-state index in [0.717, 1.165) is 53.0 Å². The van der Waals surface area contributed by atoms with Gasteiger partial charge in [0.2, 0.25) is 6.79 Å². The number of benzene rings is 3. The normalized spacial score (nSPS) is 17.1. The highest BCUT2D eigenvalue weighted by Crippen LogP contribution is 2.37. The summed E-state index contributed by atoms with van der Waals surface area (Å²) >= 11 is 0. The van der Waals surface area contributed by atoms with Crippen molar-refractivity contribution in [3.8, 4) is 33.9 Å². The number of nitrogens with zero attached hydrogens (tertiary/aromatic N) is 4. The van der Waals surface area contributed by atoms with Crippen LogP contribution in [-0.4, -0.2) is 39.3 Å². The minimum Gasteiger partial charge on any atom is -0.454 e. The van der Waals surface area contributed by atoms with Crippen LogP contribution in [0.3, 0.4) is 0 Å². The molecule has 3 aromatic carbocycles. The van der Waals surface area contributed by atoms with Crippen molar-refractivity contribution in [1.82, 2.24) is 19.9 Å². The van der Waals surface area contributed by atoms with Gasteiger partial charge in [-0.05, 0) is 54.2 Å². The predicted octanol–water partition coefficient (Wildman–Crippen LogP) is 5.54. The Kier molecular flexibility index (Phi) is 5.22. The SMILES string of the molecule is O=C(N1CCCCC1c1ccccc1)n1cc(-c2cccc(-c3ccc4c(c3)OCO4)c2)nn1. The Morgan fingerprint density at radius 3 is 2.59 bits per heavy atom. The number of likely N-dealkylation sites (tertiary alicyclic amines) is 1. The van der Waals surface area contributed by atoms with Gasteiger partial charge in [0.15, 0.2) is 11.5 Å². The van der Waals surface area contributed by atoms with E-state index in [0.29, 0.717) is 12.2 Å². The van der Waals surface area contributed by atoms with E-state index in [1.54, 1.807) is 6.20 Å². The van der Waals surface area contributed by atoms with Crippen molar-refractivity contribution in [2.45, 2.75) is 25.3 Å². The average Bonchev–Trinajstić information content (AvgIpc) is 3.59. The number of rotatable bonds is 3. The van der Waals surface area contributed by atoms with Crippen LogP contribution in [-0.2, 0) is 0 Å². The van der Waals surface area contributed by atoms with E-state index in [2.05, 4.69) is 22.4 Å². The van der Waals surface area contributed by atoms with Gasteiger partial charge in [-0.1, -0.05) is 59.8 Å². The molecule has 0 spiro atoms. The predicted molar refractivity (Wildman–Crippen MR) is 128 cm³/mol. The smallest absolute Gasteiger partial charge is 0.346 e. The summed E-state index contributed by atoms with van der Waals surface area (Å²) in [6.45, 7) is 0.964. The molecule has 0 N–H and O–H groups in total. The van der Waals surface area contributed by atoms with Gasteiger partial charge in [0.05, 0.1) is 12.2 Å². The summed E-state index contributed by atoms with van der Waals surface area (Å²) in [6.07, 6.45) is 4.78. The quantitative estimate of drug-likeness (QED) is 0.408. The Morgan fingerprint density at radius 2 is 1.68 bits per heavy atom. The van der Waals surface area contributed by atoms with Crippen LogP contribution in [0.4, 0.5) is 4.79 Å². The fraction of sp³-hybridized carbons (Fsp3) is 0.222. The van der Waals surface area contributed by atoms with E-state index >= 15 is 0 Å². The highest BCUT2D eigenvalue weighted by molar-refractivity contribution is 5.78. The third-order valence-electron chi connectivity index (χ3n) is 6.49. The van der Waals surface area contributed by atoms with Crippen molar-refractivity contribution in [2.75, 3.05) is 13.3 Å². The molecule has 1 aromatic heterocycles. The molecule has 0 bridgehead atoms. The van der Waals surface area contributed by atoms with Gasteiger partial charge in [0.1, 0.15) is 5.69 Å². The number of ether oxygens (including phenoxy) is 2. The fourth-order valence-corrected chi connectivity index (χ4v) is 4.74. The molecule has 0 saturated carbocycles. The topological polar surface area (TPSA) is 69.5 Å². The molecule has 7 heteroatoms. The largest absolute Gasteiger partial charge is 0.454 e. The molecule has 2 aliphatic heterocycles. The second kappa shape index (κ2) is 8.67. The molecule has 3 heterocycles. The van der Waals surface area contributed by atoms with Crippen LogP contribution < -0.4 is 9.47 Å². The lowest BCUT2D eigenvalue weighted by molar-refractivity contribution is 0.149. The maximum absolute atomic E-state index is 13.4. The maximum atomic E-state index is 13.4. The molecule has 1 amide bonds. The third-order valence-corrected chi connectivity index (χ3v) is 6.49. The Balaban J connectivity index is 1.26. The zero-order valence-electron chi connectivity index (χ0n) is 18.6. The molecular weight excluding hydrogens is 428 g/mol. The molecule has 1 saturated heterocycles. The van der Waals surface area contributed by atoms with E-state index in [-0.39, 0.29) is 18.9 Å². The first-order valence-corrected chi connectivity index (χ1v) is 11.5. The van der Waals surface area contributed by atoms with E-state index in [4.69, 9.17) is 9.47 Å². The van der Waals surface area contributed by atoms with Gasteiger partial charge < -0.3 is 14.4 Å². The van der Waals surface area contributed by atoms with Gasteiger partial charge >= 0.3 is 6.03 Å². The summed E-state index contributed by atoms with van der Waals surface area (Å²) in [7, 11) is 0. The van der Waals surface area contributed by atoms with Gasteiger partial charge in [-0.2, -0.15) is 4.68 Å². The first-order chi connectivity index (χ1) is 16.8. The van der Waals surface area contributed by atoms with Gasteiger partial charge in [-0.15, -0.1) is 5.10 Å². The number of aromatic nitrogens is 3. The summed E-state index contributed by atoms with van der Waals surface area (Å²) < 4.78 is 12.3. The van der Waals surface area contributed by atoms with Crippen molar-refractivity contribution < 1.29 is 14.3 Å². The van der Waals surface area contributed by atoms with Crippen LogP contribution in [0.2, 0.25) is 0 Å². The van der Waals surface area contributed by atoms with Crippen LogP contribution >= 0.6 is 0 Å². The molecule has 34 heavy (non-hydrogen) atoms. The van der Waals surface area contributed by atoms with Crippen LogP contribution in [0.15, 0.2) is 79.0 Å². The second-order valence-corrected chi connectivity index (χ2v) is 8.60. The van der Waals surface area contributed by atoms with Crippen LogP contribution in [0.5, 0.6) is 11.5 Å². The van der Waals surface area contributed by atoms with Gasteiger partial charge in [0, 0.05) is 12.1 Å². The minimum absolute atomic E-state index is 0.0597. The minimum atomic E-state index is -0.140. The molecule has 1 atom stereocenters. The summed E-state index contributed by atoms with van der Waals surface area (Å²) in [5.74, 6) is 1.50. The van der Waals surface area contributed by atoms with Gasteiger partial charge in [-0.25, -0.2) is 4.79 Å². The Morgan fingerprint density at radius 1 is 0.853 bits per heavy atom. The molecule has 4 aromatic rings. The van der Waals surface area contributed by atoms with E-state index in [1.807, 2.05) is 65.6 Å². The zero-order valence-corrected chi connectivity index (χ0v) is 18.6. The lowest BCUT2D eigenvalue weighted by Gasteiger charge is -2.35. The number of hydrogen-bond acceptors (Lipinski definition) is 5. The zero-order chi connectivity index (χ0) is 22.9. The Bertz CT molecular complexity index is 1330. The first-order valence-electron chi connectivity index (χ1n) is 11.5. The standard InChI is InChI=1S/C27H24N4O3/c32-27(30-14-5-4-11-24(30)19-7-2-1-3-8-19)31-17-23(28-29-31)22-10-6-9-20(15-22)21-12-13-25-26(16-21)34-18-33-25/h1-3,6-10,12-13,15-17,24H,4-5,11,14,18H2. The highest BCUT2D eigenvalue weighted by Gasteiger charge is 2.29. The van der Waals surface area contributed by atoms with Crippen molar-refractivity contribution in [1.29, 1.82) is 0 Å². The first kappa shape index (κ1) is 20.5. The van der Waals surface area contributed by atoms with Crippen molar-refractivity contribution >= 4 is 6.03 Å². The molecule has 0 aliphatic carbocycles. The Labute approximate surface area is 197 Å².